The SMILES string of the molecule is CC1CN(C(=O)C(=C2C(=O)Nc3ccc(Cl)cc32)c2ccc[nH]2)C1N1CCOCC1C. The van der Waals surface area contributed by atoms with Crippen LogP contribution in [0.5, 0.6) is 0 Å². The van der Waals surface area contributed by atoms with E-state index in [0.29, 0.717) is 58.8 Å². The van der Waals surface area contributed by atoms with Crippen LogP contribution >= 0.6 is 11.6 Å². The highest BCUT2D eigenvalue weighted by Gasteiger charge is 2.47. The van der Waals surface area contributed by atoms with Gasteiger partial charge in [-0.2, -0.15) is 0 Å². The van der Waals surface area contributed by atoms with Gasteiger partial charge >= 0.3 is 0 Å². The predicted molar refractivity (Wildman–Crippen MR) is 119 cm³/mol. The topological polar surface area (TPSA) is 77.7 Å². The minimum atomic E-state index is -0.292. The number of likely N-dealkylation sites (tertiary alicyclic amines) is 1. The Morgan fingerprint density at radius 3 is 2.81 bits per heavy atom. The van der Waals surface area contributed by atoms with Crippen molar-refractivity contribution in [1.82, 2.24) is 14.8 Å². The van der Waals surface area contributed by atoms with Gasteiger partial charge in [-0.05, 0) is 37.3 Å². The molecule has 31 heavy (non-hydrogen) atoms. The van der Waals surface area contributed by atoms with E-state index in [1.807, 2.05) is 17.0 Å². The van der Waals surface area contributed by atoms with Gasteiger partial charge in [0.05, 0.1) is 36.2 Å². The number of H-pyrrole nitrogens is 1. The van der Waals surface area contributed by atoms with E-state index in [9.17, 15) is 9.59 Å². The number of anilines is 1. The molecule has 3 aliphatic rings. The van der Waals surface area contributed by atoms with Crippen molar-refractivity contribution >= 4 is 40.2 Å². The number of hydrogen-bond donors (Lipinski definition) is 2. The van der Waals surface area contributed by atoms with Crippen LogP contribution in [0.15, 0.2) is 36.5 Å². The van der Waals surface area contributed by atoms with Crippen molar-refractivity contribution in [3.05, 3.63) is 52.8 Å². The Labute approximate surface area is 186 Å². The molecule has 0 aliphatic carbocycles. The zero-order valence-electron chi connectivity index (χ0n) is 17.5. The van der Waals surface area contributed by atoms with Crippen molar-refractivity contribution in [2.45, 2.75) is 26.1 Å². The summed E-state index contributed by atoms with van der Waals surface area (Å²) < 4.78 is 5.59. The second kappa shape index (κ2) is 7.82. The predicted octanol–water partition coefficient (Wildman–Crippen LogP) is 3.06. The molecule has 2 saturated heterocycles. The quantitative estimate of drug-likeness (QED) is 0.719. The highest BCUT2D eigenvalue weighted by Crippen LogP contribution is 2.41. The fraction of sp³-hybridized carbons (Fsp3) is 0.391. The highest BCUT2D eigenvalue weighted by molar-refractivity contribution is 6.45. The van der Waals surface area contributed by atoms with Gasteiger partial charge in [-0.25, -0.2) is 0 Å². The molecule has 5 rings (SSSR count). The van der Waals surface area contributed by atoms with Gasteiger partial charge < -0.3 is 19.9 Å². The lowest BCUT2D eigenvalue weighted by Crippen LogP contribution is -2.68. The molecule has 0 spiro atoms. The number of rotatable bonds is 3. The zero-order chi connectivity index (χ0) is 21.7. The summed E-state index contributed by atoms with van der Waals surface area (Å²) in [5.74, 6) is -0.0965. The van der Waals surface area contributed by atoms with Gasteiger partial charge in [-0.1, -0.05) is 18.5 Å². The molecule has 1 aromatic heterocycles. The Kier molecular flexibility index (Phi) is 5.12. The van der Waals surface area contributed by atoms with E-state index in [0.717, 1.165) is 6.54 Å². The number of ether oxygens (including phenoxy) is 1. The molecule has 2 amide bonds. The Balaban J connectivity index is 1.59. The number of aromatic nitrogens is 1. The third kappa shape index (κ3) is 3.37. The van der Waals surface area contributed by atoms with Crippen molar-refractivity contribution in [3.63, 3.8) is 0 Å². The van der Waals surface area contributed by atoms with Crippen molar-refractivity contribution < 1.29 is 14.3 Å². The van der Waals surface area contributed by atoms with E-state index in [4.69, 9.17) is 16.3 Å². The maximum Gasteiger partial charge on any atom is 0.258 e. The summed E-state index contributed by atoms with van der Waals surface area (Å²) >= 11 is 6.22. The van der Waals surface area contributed by atoms with Crippen LogP contribution in [0, 0.1) is 5.92 Å². The number of nitrogens with one attached hydrogen (secondary N) is 2. The van der Waals surface area contributed by atoms with Crippen LogP contribution in [0.4, 0.5) is 5.69 Å². The van der Waals surface area contributed by atoms with Gasteiger partial charge in [0, 0.05) is 47.5 Å². The summed E-state index contributed by atoms with van der Waals surface area (Å²) in [7, 11) is 0. The Morgan fingerprint density at radius 2 is 2.10 bits per heavy atom. The molecule has 3 atom stereocenters. The number of halogens is 1. The fourth-order valence-corrected chi connectivity index (χ4v) is 5.07. The number of hydrogen-bond acceptors (Lipinski definition) is 4. The lowest BCUT2D eigenvalue weighted by atomic mass is 9.90. The number of aromatic amines is 1. The molecule has 2 aromatic rings. The monoisotopic (exact) mass is 440 g/mol. The number of fused-ring (bicyclic) bond motifs is 1. The molecule has 8 heteroatoms. The average Bonchev–Trinajstić information content (AvgIpc) is 3.37. The number of benzene rings is 1. The van der Waals surface area contributed by atoms with Crippen LogP contribution in [-0.2, 0) is 14.3 Å². The van der Waals surface area contributed by atoms with Gasteiger partial charge in [0.25, 0.3) is 11.8 Å². The van der Waals surface area contributed by atoms with Crippen LogP contribution in [0.1, 0.15) is 25.1 Å². The summed E-state index contributed by atoms with van der Waals surface area (Å²) in [6.07, 6.45) is 1.75. The van der Waals surface area contributed by atoms with Crippen molar-refractivity contribution in [1.29, 1.82) is 0 Å². The fourth-order valence-electron chi connectivity index (χ4n) is 4.90. The molecule has 3 unspecified atom stereocenters. The molecule has 162 valence electrons. The number of carbonyl (C=O) groups is 2. The highest BCUT2D eigenvalue weighted by atomic mass is 35.5. The van der Waals surface area contributed by atoms with Crippen molar-refractivity contribution in [2.75, 3.05) is 31.6 Å². The zero-order valence-corrected chi connectivity index (χ0v) is 18.3. The van der Waals surface area contributed by atoms with Crippen molar-refractivity contribution in [3.8, 4) is 0 Å². The molecule has 3 aliphatic heterocycles. The molecular formula is C23H25ClN4O3. The normalized spacial score (nSPS) is 27.5. The van der Waals surface area contributed by atoms with E-state index in [-0.39, 0.29) is 24.0 Å². The van der Waals surface area contributed by atoms with E-state index < -0.39 is 0 Å². The minimum Gasteiger partial charge on any atom is -0.379 e. The smallest absolute Gasteiger partial charge is 0.258 e. The number of nitrogens with zero attached hydrogens (tertiary/aromatic N) is 2. The summed E-state index contributed by atoms with van der Waals surface area (Å²) in [4.78, 5) is 34.3. The molecule has 7 nitrogen and oxygen atoms in total. The molecule has 1 aromatic carbocycles. The second-order valence-electron chi connectivity index (χ2n) is 8.49. The summed E-state index contributed by atoms with van der Waals surface area (Å²) in [6, 6.07) is 9.12. The van der Waals surface area contributed by atoms with Crippen LogP contribution in [-0.4, -0.2) is 65.1 Å². The Bertz CT molecular complexity index is 1060. The number of amides is 2. The van der Waals surface area contributed by atoms with Crippen LogP contribution < -0.4 is 5.32 Å². The maximum atomic E-state index is 13.9. The largest absolute Gasteiger partial charge is 0.379 e. The molecule has 4 heterocycles. The molecule has 0 radical (unpaired) electrons. The van der Waals surface area contributed by atoms with E-state index in [1.54, 1.807) is 24.4 Å². The third-order valence-corrected chi connectivity index (χ3v) is 6.63. The molecule has 0 saturated carbocycles. The minimum absolute atomic E-state index is 0.0136. The standard InChI is InChI=1S/C23H25ClN4O3/c1-13-11-28(22(13)27-8-9-31-12-14(27)2)23(30)20(18-4-3-7-25-18)19-16-10-15(24)5-6-17(16)26-21(19)29/h3-7,10,13-14,22,25H,8-9,11-12H2,1-2H3,(H,26,29). The Morgan fingerprint density at radius 1 is 1.26 bits per heavy atom. The average molecular weight is 441 g/mol. The van der Waals surface area contributed by atoms with Crippen LogP contribution in [0.2, 0.25) is 5.02 Å². The lowest BCUT2D eigenvalue weighted by molar-refractivity contribution is -0.162. The first-order valence-electron chi connectivity index (χ1n) is 10.6. The van der Waals surface area contributed by atoms with E-state index >= 15 is 0 Å². The van der Waals surface area contributed by atoms with Gasteiger partial charge in [-0.15, -0.1) is 0 Å². The van der Waals surface area contributed by atoms with Crippen molar-refractivity contribution in [2.24, 2.45) is 5.92 Å². The van der Waals surface area contributed by atoms with E-state index in [1.165, 1.54) is 0 Å². The van der Waals surface area contributed by atoms with Gasteiger partial charge in [0.2, 0.25) is 0 Å². The maximum absolute atomic E-state index is 13.9. The molecule has 2 N–H and O–H groups in total. The molecule has 0 bridgehead atoms. The Hall–Kier alpha value is -2.61. The van der Waals surface area contributed by atoms with Crippen LogP contribution in [0.25, 0.3) is 11.1 Å². The van der Waals surface area contributed by atoms with Gasteiger partial charge in [-0.3, -0.25) is 14.5 Å². The lowest BCUT2D eigenvalue weighted by Gasteiger charge is -2.54. The number of carbonyl (C=O) groups excluding carboxylic acids is 2. The summed E-state index contributed by atoms with van der Waals surface area (Å²) in [6.45, 7) is 7.04. The van der Waals surface area contributed by atoms with Gasteiger partial charge in [0.1, 0.15) is 0 Å². The number of morpholine rings is 1. The second-order valence-corrected chi connectivity index (χ2v) is 8.92. The van der Waals surface area contributed by atoms with E-state index in [2.05, 4.69) is 29.0 Å². The summed E-state index contributed by atoms with van der Waals surface area (Å²) in [5, 5.41) is 3.39. The molecular weight excluding hydrogens is 416 g/mol. The first-order chi connectivity index (χ1) is 15.0. The van der Waals surface area contributed by atoms with Gasteiger partial charge in [0.15, 0.2) is 0 Å². The van der Waals surface area contributed by atoms with Crippen LogP contribution in [0.3, 0.4) is 0 Å². The molecule has 2 fully saturated rings. The third-order valence-electron chi connectivity index (χ3n) is 6.39. The summed E-state index contributed by atoms with van der Waals surface area (Å²) in [5.41, 5.74) is 2.67. The first kappa shape index (κ1) is 20.3. The first-order valence-corrected chi connectivity index (χ1v) is 11.0.